The van der Waals surface area contributed by atoms with Crippen LogP contribution in [-0.2, 0) is 0 Å². The number of hydrogen-bond acceptors (Lipinski definition) is 6. The molecule has 6 nitrogen and oxygen atoms in total. The third kappa shape index (κ3) is 4.83. The lowest BCUT2D eigenvalue weighted by molar-refractivity contribution is 0.102. The summed E-state index contributed by atoms with van der Waals surface area (Å²) in [6.45, 7) is 3.97. The molecule has 2 rings (SSSR count). The van der Waals surface area contributed by atoms with Crippen LogP contribution in [0.1, 0.15) is 29.8 Å². The molecule has 0 aliphatic heterocycles. The van der Waals surface area contributed by atoms with Gasteiger partial charge in [0.15, 0.2) is 17.3 Å². The van der Waals surface area contributed by atoms with Gasteiger partial charge in [-0.15, -0.1) is 0 Å². The minimum absolute atomic E-state index is 0.000613. The van der Waals surface area contributed by atoms with Crippen molar-refractivity contribution in [3.8, 4) is 17.2 Å². The maximum absolute atomic E-state index is 13.4. The number of rotatable bonds is 8. The quantitative estimate of drug-likeness (QED) is 0.406. The Morgan fingerprint density at radius 3 is 2.07 bits per heavy atom. The fraction of sp³-hybridized carbons (Fsp3) is 0.348. The van der Waals surface area contributed by atoms with Crippen molar-refractivity contribution < 1.29 is 19.0 Å². The number of Topliss-reactive ketones (excluding diaryl/α,β-unsaturated/α-hetero) is 1. The summed E-state index contributed by atoms with van der Waals surface area (Å²) in [7, 11) is 8.47. The first kappa shape index (κ1) is 22.1. The molecule has 0 fully saturated rings. The van der Waals surface area contributed by atoms with Gasteiger partial charge in [0.25, 0.3) is 0 Å². The Balaban J connectivity index is 2.58. The van der Waals surface area contributed by atoms with Crippen LogP contribution < -0.4 is 24.8 Å². The first-order valence-corrected chi connectivity index (χ1v) is 9.36. The van der Waals surface area contributed by atoms with Crippen molar-refractivity contribution in [3.63, 3.8) is 0 Å². The lowest BCUT2D eigenvalue weighted by Gasteiger charge is -2.18. The fourth-order valence-electron chi connectivity index (χ4n) is 3.07. The molecule has 0 radical (unpaired) electrons. The van der Waals surface area contributed by atoms with Gasteiger partial charge in [0, 0.05) is 25.7 Å². The second-order valence-corrected chi connectivity index (χ2v) is 7.20. The minimum atomic E-state index is -0.124. The smallest absolute Gasteiger partial charge is 0.193 e. The molecule has 0 aliphatic rings. The van der Waals surface area contributed by atoms with Crippen LogP contribution >= 0.6 is 0 Å². The molecule has 0 bridgehead atoms. The van der Waals surface area contributed by atoms with E-state index < -0.39 is 0 Å². The van der Waals surface area contributed by atoms with Gasteiger partial charge in [-0.05, 0) is 35.8 Å². The van der Waals surface area contributed by atoms with Gasteiger partial charge in [0.1, 0.15) is 5.75 Å². The molecule has 0 saturated heterocycles. The monoisotopic (exact) mass is 398 g/mol. The number of allylic oxidation sites excluding steroid dienone is 1. The molecular formula is C23H30N2O4. The average Bonchev–Trinajstić information content (AvgIpc) is 2.70. The summed E-state index contributed by atoms with van der Waals surface area (Å²) >= 11 is 0. The molecule has 0 heterocycles. The maximum atomic E-state index is 13.4. The van der Waals surface area contributed by atoms with E-state index in [1.165, 1.54) is 14.2 Å². The van der Waals surface area contributed by atoms with E-state index in [-0.39, 0.29) is 11.7 Å². The zero-order chi connectivity index (χ0) is 21.7. The lowest BCUT2D eigenvalue weighted by atomic mass is 9.91. The molecule has 0 aromatic heterocycles. The van der Waals surface area contributed by atoms with E-state index >= 15 is 0 Å². The van der Waals surface area contributed by atoms with Crippen molar-refractivity contribution in [2.24, 2.45) is 5.92 Å². The Morgan fingerprint density at radius 1 is 0.966 bits per heavy atom. The molecule has 156 valence electrons. The van der Waals surface area contributed by atoms with Crippen LogP contribution in [0.3, 0.4) is 0 Å². The van der Waals surface area contributed by atoms with Crippen LogP contribution in [0.25, 0.3) is 6.08 Å². The van der Waals surface area contributed by atoms with Crippen LogP contribution in [0.5, 0.6) is 17.2 Å². The molecule has 2 aromatic rings. The highest BCUT2D eigenvalue weighted by Crippen LogP contribution is 2.37. The topological polar surface area (TPSA) is 74.0 Å². The van der Waals surface area contributed by atoms with Gasteiger partial charge < -0.3 is 24.8 Å². The van der Waals surface area contributed by atoms with Crippen molar-refractivity contribution in [3.05, 3.63) is 47.0 Å². The molecule has 0 aliphatic carbocycles. The van der Waals surface area contributed by atoms with Crippen LogP contribution in [-0.4, -0.2) is 41.2 Å². The third-order valence-electron chi connectivity index (χ3n) is 4.69. The molecule has 2 N–H and O–H groups in total. The number of carbonyl (C=O) groups excluding carboxylic acids is 1. The van der Waals surface area contributed by atoms with Crippen LogP contribution in [0.15, 0.2) is 35.9 Å². The highest BCUT2D eigenvalue weighted by molar-refractivity contribution is 6.13. The molecule has 29 heavy (non-hydrogen) atoms. The second-order valence-electron chi connectivity index (χ2n) is 7.20. The molecule has 0 spiro atoms. The Kier molecular flexibility index (Phi) is 7.15. The van der Waals surface area contributed by atoms with Crippen molar-refractivity contribution in [1.82, 2.24) is 0 Å². The summed E-state index contributed by atoms with van der Waals surface area (Å²) in [5.74, 6) is 1.29. The van der Waals surface area contributed by atoms with E-state index in [9.17, 15) is 4.79 Å². The number of nitrogens with zero attached hydrogens (tertiary/aromatic N) is 1. The van der Waals surface area contributed by atoms with Crippen LogP contribution in [0.2, 0.25) is 0 Å². The van der Waals surface area contributed by atoms with Crippen molar-refractivity contribution >= 4 is 23.2 Å². The molecule has 0 saturated carbocycles. The second kappa shape index (κ2) is 9.37. The number of ketones is 1. The van der Waals surface area contributed by atoms with Gasteiger partial charge in [-0.1, -0.05) is 19.9 Å². The minimum Gasteiger partial charge on any atom is -0.496 e. The highest BCUT2D eigenvalue weighted by Gasteiger charge is 2.22. The van der Waals surface area contributed by atoms with Gasteiger partial charge in [-0.2, -0.15) is 0 Å². The van der Waals surface area contributed by atoms with Crippen LogP contribution in [0, 0.1) is 5.92 Å². The summed E-state index contributed by atoms with van der Waals surface area (Å²) in [4.78, 5) is 15.4. The Bertz CT molecular complexity index is 917. The number of benzene rings is 2. The SMILES string of the molecule is COc1cc(OC)c(C(=O)C(=Cc2ccc(N)c(N(C)C)c2)C(C)C)cc1OC. The normalized spacial score (nSPS) is 11.4. The number of nitrogen functional groups attached to an aromatic ring is 1. The molecule has 0 atom stereocenters. The molecule has 0 amide bonds. The highest BCUT2D eigenvalue weighted by atomic mass is 16.5. The molecule has 2 aromatic carbocycles. The Morgan fingerprint density at radius 2 is 1.55 bits per heavy atom. The van der Waals surface area contributed by atoms with Gasteiger partial charge in [-0.25, -0.2) is 0 Å². The zero-order valence-corrected chi connectivity index (χ0v) is 18.2. The fourth-order valence-corrected chi connectivity index (χ4v) is 3.07. The Labute approximate surface area is 172 Å². The van der Waals surface area contributed by atoms with Gasteiger partial charge >= 0.3 is 0 Å². The van der Waals surface area contributed by atoms with Crippen molar-refractivity contribution in [2.45, 2.75) is 13.8 Å². The summed E-state index contributed by atoms with van der Waals surface area (Å²) in [6.07, 6.45) is 1.90. The van der Waals surface area contributed by atoms with Crippen molar-refractivity contribution in [2.75, 3.05) is 46.1 Å². The Hall–Kier alpha value is -3.15. The summed E-state index contributed by atoms with van der Waals surface area (Å²) in [5, 5.41) is 0. The van der Waals surface area contributed by atoms with E-state index in [0.717, 1.165) is 11.3 Å². The van der Waals surface area contributed by atoms with E-state index in [1.54, 1.807) is 19.2 Å². The summed E-state index contributed by atoms with van der Waals surface area (Å²) in [6, 6.07) is 9.04. The molecular weight excluding hydrogens is 368 g/mol. The predicted octanol–water partition coefficient (Wildman–Crippen LogP) is 4.28. The number of ether oxygens (including phenoxy) is 3. The van der Waals surface area contributed by atoms with Gasteiger partial charge in [0.05, 0.1) is 38.3 Å². The maximum Gasteiger partial charge on any atom is 0.193 e. The first-order chi connectivity index (χ1) is 13.7. The largest absolute Gasteiger partial charge is 0.496 e. The molecule has 6 heteroatoms. The number of methoxy groups -OCH3 is 3. The number of nitrogens with two attached hydrogens (primary N) is 1. The molecule has 0 unspecified atom stereocenters. The summed E-state index contributed by atoms with van der Waals surface area (Å²) in [5.41, 5.74) is 9.63. The van der Waals surface area contributed by atoms with E-state index in [4.69, 9.17) is 19.9 Å². The lowest BCUT2D eigenvalue weighted by Crippen LogP contribution is -2.12. The number of hydrogen-bond donors (Lipinski definition) is 1. The average molecular weight is 399 g/mol. The predicted molar refractivity (Wildman–Crippen MR) is 118 cm³/mol. The van der Waals surface area contributed by atoms with Gasteiger partial charge in [-0.3, -0.25) is 4.79 Å². The number of anilines is 2. The van der Waals surface area contributed by atoms with Crippen molar-refractivity contribution in [1.29, 1.82) is 0 Å². The third-order valence-corrected chi connectivity index (χ3v) is 4.69. The first-order valence-electron chi connectivity index (χ1n) is 9.36. The van der Waals surface area contributed by atoms with Gasteiger partial charge in [0.2, 0.25) is 0 Å². The van der Waals surface area contributed by atoms with E-state index in [1.807, 2.05) is 57.1 Å². The standard InChI is InChI=1S/C23H30N2O4/c1-14(2)16(10-15-8-9-18(24)19(11-15)25(3)4)23(26)17-12-21(28-6)22(29-7)13-20(17)27-5/h8-14H,24H2,1-7H3. The van der Waals surface area contributed by atoms with Crippen LogP contribution in [0.4, 0.5) is 11.4 Å². The number of carbonyl (C=O) groups is 1. The zero-order valence-electron chi connectivity index (χ0n) is 18.2. The van der Waals surface area contributed by atoms with E-state index in [2.05, 4.69) is 0 Å². The summed E-state index contributed by atoms with van der Waals surface area (Å²) < 4.78 is 16.1. The van der Waals surface area contributed by atoms with E-state index in [0.29, 0.717) is 34.1 Å².